The van der Waals surface area contributed by atoms with Gasteiger partial charge in [-0.15, -0.1) is 0 Å². The fraction of sp³-hybridized carbons (Fsp3) is 0.350. The Morgan fingerprint density at radius 2 is 1.49 bits per heavy atom. The largest absolute Gasteiger partial charge is 0.497 e. The van der Waals surface area contributed by atoms with Crippen LogP contribution >= 0.6 is 0 Å². The van der Waals surface area contributed by atoms with E-state index in [1.54, 1.807) is 7.11 Å². The van der Waals surface area contributed by atoms with E-state index in [2.05, 4.69) is 42.6 Å². The van der Waals surface area contributed by atoms with Gasteiger partial charge < -0.3 is 26.0 Å². The highest BCUT2D eigenvalue weighted by Gasteiger charge is 2.22. The third-order valence-corrected chi connectivity index (χ3v) is 8.43. The van der Waals surface area contributed by atoms with E-state index < -0.39 is 18.0 Å². The zero-order valence-corrected chi connectivity index (χ0v) is 28.1. The molecular weight excluding hydrogens is 588 g/mol. The Hall–Kier alpha value is -4.46. The van der Waals surface area contributed by atoms with Gasteiger partial charge in [-0.05, 0) is 89.6 Å². The predicted octanol–water partition coefficient (Wildman–Crippen LogP) is 7.33. The molecule has 0 bridgehead atoms. The van der Waals surface area contributed by atoms with Crippen LogP contribution in [-0.4, -0.2) is 41.3 Å². The van der Waals surface area contributed by atoms with E-state index >= 15 is 0 Å². The van der Waals surface area contributed by atoms with Crippen LogP contribution in [0.15, 0.2) is 97.1 Å². The number of aryl methyl sites for hydroxylation is 1. The van der Waals surface area contributed by atoms with Crippen LogP contribution < -0.4 is 15.8 Å². The van der Waals surface area contributed by atoms with Crippen molar-refractivity contribution in [2.45, 2.75) is 77.9 Å². The molecule has 4 aromatic carbocycles. The summed E-state index contributed by atoms with van der Waals surface area (Å²) in [5.41, 5.74) is 13.8. The van der Waals surface area contributed by atoms with E-state index in [0.717, 1.165) is 53.8 Å². The van der Waals surface area contributed by atoms with Gasteiger partial charge in [-0.1, -0.05) is 106 Å². The highest BCUT2D eigenvalue weighted by molar-refractivity contribution is 5.74. The molecule has 1 aliphatic heterocycles. The van der Waals surface area contributed by atoms with E-state index in [1.807, 2.05) is 80.6 Å². The van der Waals surface area contributed by atoms with Gasteiger partial charge in [-0.3, -0.25) is 9.59 Å². The number of carboxylic acids is 2. The molecular formula is C40H50N2O5. The molecule has 0 aliphatic carbocycles. The second-order valence-electron chi connectivity index (χ2n) is 11.6. The van der Waals surface area contributed by atoms with Crippen LogP contribution in [-0.2, 0) is 41.8 Å². The lowest BCUT2D eigenvalue weighted by Crippen LogP contribution is -2.36. The van der Waals surface area contributed by atoms with Crippen LogP contribution in [0, 0.1) is 5.92 Å². The zero-order valence-electron chi connectivity index (χ0n) is 28.1. The lowest BCUT2D eigenvalue weighted by molar-refractivity contribution is -0.142. The summed E-state index contributed by atoms with van der Waals surface area (Å²) in [6.07, 6.45) is 4.46. The number of hydrogen-bond donors (Lipinski definition) is 4. The number of fused-ring (bicyclic) bond motifs is 1. The van der Waals surface area contributed by atoms with Crippen molar-refractivity contribution in [1.29, 1.82) is 0 Å². The molecule has 0 aromatic heterocycles. The van der Waals surface area contributed by atoms with Crippen molar-refractivity contribution in [2.75, 3.05) is 7.11 Å². The van der Waals surface area contributed by atoms with Crippen LogP contribution in [0.1, 0.15) is 61.4 Å². The molecule has 0 spiro atoms. The first-order valence-corrected chi connectivity index (χ1v) is 16.6. The first-order chi connectivity index (χ1) is 22.8. The maximum Gasteiger partial charge on any atom is 0.320 e. The van der Waals surface area contributed by atoms with Crippen LogP contribution in [0.3, 0.4) is 0 Å². The van der Waals surface area contributed by atoms with Gasteiger partial charge in [0.05, 0.1) is 13.0 Å². The Kier molecular flexibility index (Phi) is 15.2. The number of aliphatic carboxylic acids is 2. The van der Waals surface area contributed by atoms with Crippen molar-refractivity contribution in [3.8, 4) is 16.9 Å². The summed E-state index contributed by atoms with van der Waals surface area (Å²) in [5, 5.41) is 21.9. The standard InChI is InChI=1S/C20H23NO2.C18H21NO3.C2H6/c22-20(23)17(12-15-6-2-1-3-7-15)10-11-19-13-16-8-4-5-9-18(16)14-21-19;1-3-13-11-15(22-2)8-9-16(13)14-6-4-12(5-7-14)10-17(19)18(20)21;1-2/h1-9,17,19,21H,10-14H2,(H,22,23);4-9,11,17H,3,10,19H2,1-2H3,(H,20,21);1-2H3/t17-,19+;17-;/m00./s1. The SMILES string of the molecule is CC.CCc1cc(OC)ccc1-c1ccc(C[C@H](N)C(=O)O)cc1.O=C(O)[C@@H](CC[C@@H]1Cc2ccccc2CN1)Cc1ccccc1. The number of nitrogens with two attached hydrogens (primary N) is 1. The van der Waals surface area contributed by atoms with Crippen LogP contribution in [0.5, 0.6) is 5.75 Å². The summed E-state index contributed by atoms with van der Waals surface area (Å²) in [5.74, 6) is -1.13. The first-order valence-electron chi connectivity index (χ1n) is 16.6. The fourth-order valence-corrected chi connectivity index (χ4v) is 5.77. The Bertz CT molecular complexity index is 1540. The van der Waals surface area contributed by atoms with E-state index in [9.17, 15) is 14.7 Å². The number of hydrogen-bond acceptors (Lipinski definition) is 5. The molecule has 4 aromatic rings. The molecule has 1 heterocycles. The maximum absolute atomic E-state index is 11.6. The molecule has 1 aliphatic rings. The summed E-state index contributed by atoms with van der Waals surface area (Å²) in [7, 11) is 1.66. The Morgan fingerprint density at radius 3 is 2.11 bits per heavy atom. The van der Waals surface area contributed by atoms with Crippen molar-refractivity contribution in [1.82, 2.24) is 5.32 Å². The lowest BCUT2D eigenvalue weighted by atomic mass is 9.89. The average Bonchev–Trinajstić information content (AvgIpc) is 3.11. The van der Waals surface area contributed by atoms with E-state index in [1.165, 1.54) is 16.7 Å². The number of carboxylic acid groups (broad SMARTS) is 2. The van der Waals surface area contributed by atoms with Crippen LogP contribution in [0.4, 0.5) is 0 Å². The zero-order chi connectivity index (χ0) is 34.2. The van der Waals surface area contributed by atoms with Gasteiger partial charge in [0.1, 0.15) is 11.8 Å². The Morgan fingerprint density at radius 1 is 0.851 bits per heavy atom. The second-order valence-corrected chi connectivity index (χ2v) is 11.6. The lowest BCUT2D eigenvalue weighted by Gasteiger charge is -2.27. The van der Waals surface area contributed by atoms with Crippen molar-refractivity contribution in [2.24, 2.45) is 11.7 Å². The predicted molar refractivity (Wildman–Crippen MR) is 190 cm³/mol. The monoisotopic (exact) mass is 638 g/mol. The van der Waals surface area contributed by atoms with Crippen LogP contribution in [0.25, 0.3) is 11.1 Å². The minimum atomic E-state index is -0.979. The normalized spacial score (nSPS) is 14.6. The number of carbonyl (C=O) groups is 2. The van der Waals surface area contributed by atoms with Gasteiger partial charge in [-0.2, -0.15) is 0 Å². The van der Waals surface area contributed by atoms with Gasteiger partial charge in [0.2, 0.25) is 0 Å². The first kappa shape index (κ1) is 37.0. The minimum Gasteiger partial charge on any atom is -0.497 e. The third-order valence-electron chi connectivity index (χ3n) is 8.43. The fourth-order valence-electron chi connectivity index (χ4n) is 5.77. The molecule has 0 saturated heterocycles. The summed E-state index contributed by atoms with van der Waals surface area (Å²) in [6, 6.07) is 31.8. The molecule has 0 fully saturated rings. The molecule has 5 N–H and O–H groups in total. The van der Waals surface area contributed by atoms with Gasteiger partial charge in [0.25, 0.3) is 0 Å². The summed E-state index contributed by atoms with van der Waals surface area (Å²) in [4.78, 5) is 22.4. The number of nitrogens with one attached hydrogen (secondary N) is 1. The van der Waals surface area contributed by atoms with Crippen molar-refractivity contribution >= 4 is 11.9 Å². The molecule has 0 radical (unpaired) electrons. The quantitative estimate of drug-likeness (QED) is 0.128. The molecule has 0 saturated carbocycles. The molecule has 5 rings (SSSR count). The van der Waals surface area contributed by atoms with Crippen molar-refractivity contribution < 1.29 is 24.5 Å². The molecule has 47 heavy (non-hydrogen) atoms. The van der Waals surface area contributed by atoms with E-state index in [0.29, 0.717) is 25.3 Å². The maximum atomic E-state index is 11.6. The van der Waals surface area contributed by atoms with Gasteiger partial charge in [0, 0.05) is 12.6 Å². The molecule has 0 unspecified atom stereocenters. The number of benzene rings is 4. The smallest absolute Gasteiger partial charge is 0.320 e. The van der Waals surface area contributed by atoms with Crippen molar-refractivity contribution in [3.05, 3.63) is 125 Å². The summed E-state index contributed by atoms with van der Waals surface area (Å²) < 4.78 is 5.26. The average molecular weight is 639 g/mol. The topological polar surface area (TPSA) is 122 Å². The van der Waals surface area contributed by atoms with Gasteiger partial charge in [-0.25, -0.2) is 0 Å². The highest BCUT2D eigenvalue weighted by atomic mass is 16.5. The van der Waals surface area contributed by atoms with Crippen molar-refractivity contribution in [3.63, 3.8) is 0 Å². The summed E-state index contributed by atoms with van der Waals surface area (Å²) in [6.45, 7) is 7.00. The third kappa shape index (κ3) is 11.4. The summed E-state index contributed by atoms with van der Waals surface area (Å²) >= 11 is 0. The molecule has 7 nitrogen and oxygen atoms in total. The Balaban J connectivity index is 0.000000243. The van der Waals surface area contributed by atoms with E-state index in [-0.39, 0.29) is 5.92 Å². The molecule has 3 atom stereocenters. The van der Waals surface area contributed by atoms with Gasteiger partial charge in [0.15, 0.2) is 0 Å². The second kappa shape index (κ2) is 19.3. The highest BCUT2D eigenvalue weighted by Crippen LogP contribution is 2.28. The molecule has 0 amide bonds. The van der Waals surface area contributed by atoms with Gasteiger partial charge >= 0.3 is 11.9 Å². The van der Waals surface area contributed by atoms with Crippen LogP contribution in [0.2, 0.25) is 0 Å². The van der Waals surface area contributed by atoms with E-state index in [4.69, 9.17) is 15.6 Å². The Labute approximate surface area is 279 Å². The number of ether oxygens (including phenoxy) is 1. The minimum absolute atomic E-state index is 0.309. The molecule has 250 valence electrons. The molecule has 7 heteroatoms. The number of rotatable bonds is 12. The number of methoxy groups -OCH3 is 1.